The van der Waals surface area contributed by atoms with Gasteiger partial charge >= 0.3 is 6.18 Å². The highest BCUT2D eigenvalue weighted by Crippen LogP contribution is 2.25. The fourth-order valence-electron chi connectivity index (χ4n) is 1.24. The SMILES string of the molecule is C=CN1CCNCC1C(F)(F)F. The van der Waals surface area contributed by atoms with E-state index in [0.717, 1.165) is 0 Å². The van der Waals surface area contributed by atoms with Gasteiger partial charge in [0.2, 0.25) is 0 Å². The Morgan fingerprint density at radius 2 is 2.17 bits per heavy atom. The van der Waals surface area contributed by atoms with E-state index in [1.807, 2.05) is 0 Å². The van der Waals surface area contributed by atoms with Crippen molar-refractivity contribution in [1.29, 1.82) is 0 Å². The standard InChI is InChI=1S/C7H11F3N2/c1-2-12-4-3-11-5-6(12)7(8,9)10/h2,6,11H,1,3-5H2. The molecule has 1 fully saturated rings. The third kappa shape index (κ3) is 1.91. The maximum Gasteiger partial charge on any atom is 0.409 e. The van der Waals surface area contributed by atoms with E-state index in [1.165, 1.54) is 11.1 Å². The Hall–Kier alpha value is -0.710. The molecule has 0 bridgehead atoms. The van der Waals surface area contributed by atoms with Crippen LogP contribution in [0.25, 0.3) is 0 Å². The Morgan fingerprint density at radius 3 is 2.58 bits per heavy atom. The zero-order valence-corrected chi connectivity index (χ0v) is 6.56. The van der Waals surface area contributed by atoms with Crippen molar-refractivity contribution in [1.82, 2.24) is 10.2 Å². The number of hydrogen-bond acceptors (Lipinski definition) is 2. The monoisotopic (exact) mass is 180 g/mol. The summed E-state index contributed by atoms with van der Waals surface area (Å²) < 4.78 is 36.7. The number of nitrogens with one attached hydrogen (secondary N) is 1. The lowest BCUT2D eigenvalue weighted by Gasteiger charge is -2.36. The second-order valence-electron chi connectivity index (χ2n) is 2.68. The highest BCUT2D eigenvalue weighted by Gasteiger charge is 2.43. The molecule has 0 aromatic rings. The molecule has 1 saturated heterocycles. The highest BCUT2D eigenvalue weighted by molar-refractivity contribution is 4.90. The Labute approximate surface area is 69.0 Å². The van der Waals surface area contributed by atoms with Crippen molar-refractivity contribution < 1.29 is 13.2 Å². The van der Waals surface area contributed by atoms with Gasteiger partial charge in [-0.05, 0) is 6.20 Å². The molecular formula is C7H11F3N2. The molecule has 0 aromatic heterocycles. The fourth-order valence-corrected chi connectivity index (χ4v) is 1.24. The van der Waals surface area contributed by atoms with Crippen molar-refractivity contribution in [3.63, 3.8) is 0 Å². The number of hydrogen-bond donors (Lipinski definition) is 1. The van der Waals surface area contributed by atoms with Gasteiger partial charge in [0.25, 0.3) is 0 Å². The minimum atomic E-state index is -4.17. The minimum Gasteiger partial charge on any atom is -0.364 e. The topological polar surface area (TPSA) is 15.3 Å². The van der Waals surface area contributed by atoms with Gasteiger partial charge < -0.3 is 10.2 Å². The smallest absolute Gasteiger partial charge is 0.364 e. The molecule has 0 radical (unpaired) electrons. The molecule has 0 spiro atoms. The lowest BCUT2D eigenvalue weighted by molar-refractivity contribution is -0.179. The van der Waals surface area contributed by atoms with Crippen LogP contribution in [0.4, 0.5) is 13.2 Å². The van der Waals surface area contributed by atoms with Crippen molar-refractivity contribution >= 4 is 0 Å². The second kappa shape index (κ2) is 3.35. The van der Waals surface area contributed by atoms with Gasteiger partial charge in [-0.1, -0.05) is 6.58 Å². The van der Waals surface area contributed by atoms with Crippen LogP contribution in [0.15, 0.2) is 12.8 Å². The van der Waals surface area contributed by atoms with Gasteiger partial charge in [-0.2, -0.15) is 13.2 Å². The van der Waals surface area contributed by atoms with Crippen molar-refractivity contribution in [2.75, 3.05) is 19.6 Å². The quantitative estimate of drug-likeness (QED) is 0.646. The predicted molar refractivity (Wildman–Crippen MR) is 39.6 cm³/mol. The van der Waals surface area contributed by atoms with Crippen LogP contribution >= 0.6 is 0 Å². The first-order valence-electron chi connectivity index (χ1n) is 3.71. The van der Waals surface area contributed by atoms with E-state index in [2.05, 4.69) is 11.9 Å². The molecule has 0 saturated carbocycles. The Bertz CT molecular complexity index is 167. The number of halogens is 3. The van der Waals surface area contributed by atoms with E-state index >= 15 is 0 Å². The van der Waals surface area contributed by atoms with Crippen LogP contribution < -0.4 is 5.32 Å². The molecule has 1 aliphatic rings. The molecule has 0 amide bonds. The summed E-state index contributed by atoms with van der Waals surface area (Å²) in [6, 6.07) is -1.41. The van der Waals surface area contributed by atoms with Gasteiger partial charge in [-0.3, -0.25) is 0 Å². The molecule has 5 heteroatoms. The molecule has 1 N–H and O–H groups in total. The third-order valence-electron chi connectivity index (χ3n) is 1.90. The lowest BCUT2D eigenvalue weighted by atomic mass is 10.2. The fraction of sp³-hybridized carbons (Fsp3) is 0.714. The summed E-state index contributed by atoms with van der Waals surface area (Å²) in [4.78, 5) is 1.22. The Balaban J connectivity index is 2.65. The number of rotatable bonds is 1. The molecule has 1 atom stereocenters. The van der Waals surface area contributed by atoms with E-state index in [1.54, 1.807) is 0 Å². The summed E-state index contributed by atoms with van der Waals surface area (Å²) in [6.45, 7) is 4.25. The number of alkyl halides is 3. The molecule has 0 aliphatic carbocycles. The van der Waals surface area contributed by atoms with Crippen LogP contribution in [0.3, 0.4) is 0 Å². The van der Waals surface area contributed by atoms with Crippen molar-refractivity contribution in [3.05, 3.63) is 12.8 Å². The van der Waals surface area contributed by atoms with Crippen LogP contribution in [0.1, 0.15) is 0 Å². The zero-order chi connectivity index (χ0) is 9.19. The molecular weight excluding hydrogens is 169 g/mol. The maximum absolute atomic E-state index is 12.2. The molecule has 0 aromatic carbocycles. The largest absolute Gasteiger partial charge is 0.409 e. The average molecular weight is 180 g/mol. The number of piperazine rings is 1. The molecule has 12 heavy (non-hydrogen) atoms. The summed E-state index contributed by atoms with van der Waals surface area (Å²) in [6.07, 6.45) is -2.92. The summed E-state index contributed by atoms with van der Waals surface area (Å²) in [5.74, 6) is 0. The molecule has 70 valence electrons. The van der Waals surface area contributed by atoms with Gasteiger partial charge in [-0.15, -0.1) is 0 Å². The first kappa shape index (κ1) is 9.38. The summed E-state index contributed by atoms with van der Waals surface area (Å²) in [7, 11) is 0. The van der Waals surface area contributed by atoms with Crippen LogP contribution in [0, 0.1) is 0 Å². The van der Waals surface area contributed by atoms with Gasteiger partial charge in [0.15, 0.2) is 0 Å². The average Bonchev–Trinajstić information content (AvgIpc) is 2.03. The van der Waals surface area contributed by atoms with Crippen molar-refractivity contribution in [2.45, 2.75) is 12.2 Å². The van der Waals surface area contributed by atoms with Gasteiger partial charge in [-0.25, -0.2) is 0 Å². The Kier molecular flexibility index (Phi) is 2.62. The van der Waals surface area contributed by atoms with Gasteiger partial charge in [0.1, 0.15) is 6.04 Å². The highest BCUT2D eigenvalue weighted by atomic mass is 19.4. The van der Waals surface area contributed by atoms with Gasteiger partial charge in [0, 0.05) is 19.6 Å². The molecule has 1 heterocycles. The van der Waals surface area contributed by atoms with E-state index in [-0.39, 0.29) is 6.54 Å². The van der Waals surface area contributed by atoms with E-state index in [0.29, 0.717) is 13.1 Å². The van der Waals surface area contributed by atoms with Crippen LogP contribution in [0.2, 0.25) is 0 Å². The van der Waals surface area contributed by atoms with Crippen molar-refractivity contribution in [3.8, 4) is 0 Å². The zero-order valence-electron chi connectivity index (χ0n) is 6.56. The molecule has 2 nitrogen and oxygen atoms in total. The van der Waals surface area contributed by atoms with E-state index in [4.69, 9.17) is 0 Å². The van der Waals surface area contributed by atoms with Gasteiger partial charge in [0.05, 0.1) is 0 Å². The van der Waals surface area contributed by atoms with Crippen LogP contribution in [-0.2, 0) is 0 Å². The summed E-state index contributed by atoms with van der Waals surface area (Å²) in [5.41, 5.74) is 0. The molecule has 1 unspecified atom stereocenters. The minimum absolute atomic E-state index is 0.0461. The molecule has 1 aliphatic heterocycles. The lowest BCUT2D eigenvalue weighted by Crippen LogP contribution is -2.55. The first-order chi connectivity index (χ1) is 5.55. The number of nitrogens with zero attached hydrogens (tertiary/aromatic N) is 1. The van der Waals surface area contributed by atoms with Crippen LogP contribution in [-0.4, -0.2) is 36.8 Å². The summed E-state index contributed by atoms with van der Waals surface area (Å²) in [5, 5.41) is 2.70. The summed E-state index contributed by atoms with van der Waals surface area (Å²) >= 11 is 0. The first-order valence-corrected chi connectivity index (χ1v) is 3.71. The van der Waals surface area contributed by atoms with Crippen LogP contribution in [0.5, 0.6) is 0 Å². The third-order valence-corrected chi connectivity index (χ3v) is 1.90. The van der Waals surface area contributed by atoms with Crippen molar-refractivity contribution in [2.24, 2.45) is 0 Å². The predicted octanol–water partition coefficient (Wildman–Crippen LogP) is 0.966. The van der Waals surface area contributed by atoms with E-state index < -0.39 is 12.2 Å². The van der Waals surface area contributed by atoms with E-state index in [9.17, 15) is 13.2 Å². The second-order valence-corrected chi connectivity index (χ2v) is 2.68. The maximum atomic E-state index is 12.2. The Morgan fingerprint density at radius 1 is 1.50 bits per heavy atom. The molecule has 1 rings (SSSR count). The normalized spacial score (nSPS) is 25.6.